The average Bonchev–Trinajstić information content (AvgIpc) is 3.15. The van der Waals surface area contributed by atoms with Crippen LogP contribution in [-0.2, 0) is 11.0 Å². The molecule has 1 amide bonds. The number of aromatic nitrogens is 1. The second-order valence-electron chi connectivity index (χ2n) is 5.46. The molecule has 5 nitrogen and oxygen atoms in total. The van der Waals surface area contributed by atoms with Gasteiger partial charge < -0.3 is 10.1 Å². The van der Waals surface area contributed by atoms with Crippen molar-refractivity contribution in [2.45, 2.75) is 29.9 Å². The van der Waals surface area contributed by atoms with Gasteiger partial charge in [-0.05, 0) is 24.3 Å². The van der Waals surface area contributed by atoms with Crippen LogP contribution in [0.15, 0.2) is 42.6 Å². The predicted octanol–water partition coefficient (Wildman–Crippen LogP) is 4.42. The zero-order valence-electron chi connectivity index (χ0n) is 15.7. The second-order valence-corrected chi connectivity index (χ2v) is 8.63. The summed E-state index contributed by atoms with van der Waals surface area (Å²) in [7, 11) is 0. The van der Waals surface area contributed by atoms with Crippen molar-refractivity contribution < 1.29 is 22.7 Å². The number of alkyl halides is 3. The third kappa shape index (κ3) is 9.00. The molecule has 0 spiro atoms. The third-order valence-corrected chi connectivity index (χ3v) is 5.30. The Balaban J connectivity index is 0.000000411. The fraction of sp³-hybridized carbons (Fsp3) is 0.368. The van der Waals surface area contributed by atoms with Crippen molar-refractivity contribution >= 4 is 37.9 Å². The Bertz CT molecular complexity index is 706. The molecule has 1 aliphatic rings. The Morgan fingerprint density at radius 1 is 1.25 bits per heavy atom. The number of carbonyl (C=O) groups excluding carboxylic acids is 1. The molecule has 0 aliphatic carbocycles. The molecule has 28 heavy (non-hydrogen) atoms. The SMILES string of the molecule is CC.O=CNc1cccc(Oc2ccc(C(F)(F)F)nc2)c1.[Pb][CH]1CCNC1. The van der Waals surface area contributed by atoms with Crippen LogP contribution in [0, 0.1) is 0 Å². The number of anilines is 1. The molecule has 1 unspecified atom stereocenters. The van der Waals surface area contributed by atoms with Gasteiger partial charge in [-0.3, -0.25) is 4.79 Å². The Hall–Kier alpha value is -1.69. The van der Waals surface area contributed by atoms with Crippen LogP contribution >= 0.6 is 0 Å². The number of rotatable bonds is 4. The van der Waals surface area contributed by atoms with Gasteiger partial charge in [-0.15, -0.1) is 0 Å². The molecule has 3 radical (unpaired) electrons. The normalized spacial score (nSPS) is 15.4. The third-order valence-electron chi connectivity index (χ3n) is 3.38. The van der Waals surface area contributed by atoms with E-state index < -0.39 is 11.9 Å². The number of hydrogen-bond acceptors (Lipinski definition) is 4. The van der Waals surface area contributed by atoms with E-state index in [1.807, 2.05) is 13.8 Å². The van der Waals surface area contributed by atoms with Crippen molar-refractivity contribution in [1.29, 1.82) is 0 Å². The van der Waals surface area contributed by atoms with E-state index in [1.54, 1.807) is 18.2 Å². The molecular formula is C19H23F3N3O2Pb. The summed E-state index contributed by atoms with van der Waals surface area (Å²) >= 11 is 1.39. The number of carbonyl (C=O) groups is 1. The molecular weight excluding hydrogens is 566 g/mol. The number of pyridine rings is 1. The molecule has 2 heterocycles. The zero-order valence-corrected chi connectivity index (χ0v) is 19.6. The molecule has 9 heteroatoms. The van der Waals surface area contributed by atoms with Gasteiger partial charge in [0.15, 0.2) is 0 Å². The summed E-state index contributed by atoms with van der Waals surface area (Å²) < 4.78 is 43.4. The van der Waals surface area contributed by atoms with Gasteiger partial charge in [0.1, 0.15) is 17.2 Å². The van der Waals surface area contributed by atoms with Crippen LogP contribution in [0.3, 0.4) is 0 Å². The molecule has 1 saturated heterocycles. The first-order chi connectivity index (χ1) is 13.4. The fourth-order valence-corrected chi connectivity index (χ4v) is 3.24. The number of amides is 1. The van der Waals surface area contributed by atoms with Gasteiger partial charge in [0.05, 0.1) is 6.20 Å². The summed E-state index contributed by atoms with van der Waals surface area (Å²) in [5.74, 6) is 0.541. The summed E-state index contributed by atoms with van der Waals surface area (Å²) in [5.41, 5.74) is -0.474. The Labute approximate surface area is 178 Å². The maximum atomic E-state index is 12.3. The number of nitrogens with zero attached hydrogens (tertiary/aromatic N) is 1. The fourth-order valence-electron chi connectivity index (χ4n) is 2.12. The summed E-state index contributed by atoms with van der Waals surface area (Å²) in [5, 5.41) is 5.74. The van der Waals surface area contributed by atoms with Gasteiger partial charge in [0.2, 0.25) is 6.41 Å². The van der Waals surface area contributed by atoms with Crippen LogP contribution < -0.4 is 15.4 Å². The van der Waals surface area contributed by atoms with Crippen molar-refractivity contribution in [2.75, 3.05) is 18.4 Å². The van der Waals surface area contributed by atoms with E-state index in [2.05, 4.69) is 15.6 Å². The van der Waals surface area contributed by atoms with Crippen molar-refractivity contribution in [3.8, 4) is 11.5 Å². The molecule has 1 atom stereocenters. The zero-order chi connectivity index (χ0) is 21.0. The van der Waals surface area contributed by atoms with Crippen LogP contribution in [0.2, 0.25) is 3.48 Å². The van der Waals surface area contributed by atoms with E-state index in [9.17, 15) is 18.0 Å². The number of hydrogen-bond donors (Lipinski definition) is 2. The van der Waals surface area contributed by atoms with E-state index >= 15 is 0 Å². The molecule has 1 fully saturated rings. The van der Waals surface area contributed by atoms with Gasteiger partial charge in [0, 0.05) is 11.8 Å². The van der Waals surface area contributed by atoms with Gasteiger partial charge >= 0.3 is 60.2 Å². The maximum absolute atomic E-state index is 12.3. The monoisotopic (exact) mass is 590 g/mol. The van der Waals surface area contributed by atoms with Crippen molar-refractivity contribution in [1.82, 2.24) is 10.3 Å². The van der Waals surface area contributed by atoms with E-state index in [4.69, 9.17) is 4.74 Å². The van der Waals surface area contributed by atoms with Gasteiger partial charge in [-0.2, -0.15) is 13.2 Å². The molecule has 2 N–H and O–H groups in total. The molecule has 0 bridgehead atoms. The quantitative estimate of drug-likeness (QED) is 0.410. The minimum atomic E-state index is -4.48. The van der Waals surface area contributed by atoms with Crippen LogP contribution in [0.5, 0.6) is 11.5 Å². The number of ether oxygens (including phenoxy) is 1. The Kier molecular flexibility index (Phi) is 11.1. The summed E-state index contributed by atoms with van der Waals surface area (Å²) in [4.78, 5) is 13.6. The topological polar surface area (TPSA) is 63.2 Å². The standard InChI is InChI=1S/C13H9F3N2O2.C4H8N.C2H6.Pb/c14-13(15,16)12-5-4-11(7-17-12)20-10-3-1-2-9(6-10)18-8-19;1-2-4-5-3-1;1-2;/h1-8H,(H,18,19);1,5H,2-4H2;1-2H3;. The number of halogens is 3. The van der Waals surface area contributed by atoms with Gasteiger partial charge in [-0.25, -0.2) is 4.98 Å². The first-order valence-corrected chi connectivity index (χ1v) is 11.1. The van der Waals surface area contributed by atoms with Crippen molar-refractivity contribution in [2.24, 2.45) is 0 Å². The van der Waals surface area contributed by atoms with E-state index in [0.717, 1.165) is 15.7 Å². The van der Waals surface area contributed by atoms with Crippen LogP contribution in [0.4, 0.5) is 18.9 Å². The first-order valence-electron chi connectivity index (χ1n) is 8.81. The van der Waals surface area contributed by atoms with Crippen LogP contribution in [-0.4, -0.2) is 50.3 Å². The summed E-state index contributed by atoms with van der Waals surface area (Å²) in [6.07, 6.45) is -1.54. The van der Waals surface area contributed by atoms with E-state index in [1.165, 1.54) is 57.4 Å². The molecule has 0 saturated carbocycles. The van der Waals surface area contributed by atoms with E-state index in [0.29, 0.717) is 17.8 Å². The van der Waals surface area contributed by atoms with Crippen molar-refractivity contribution in [3.63, 3.8) is 0 Å². The minimum absolute atomic E-state index is 0.168. The molecule has 1 aromatic carbocycles. The number of nitrogens with one attached hydrogen (secondary N) is 2. The predicted molar refractivity (Wildman–Crippen MR) is 104 cm³/mol. The molecule has 1 aromatic heterocycles. The molecule has 1 aliphatic heterocycles. The van der Waals surface area contributed by atoms with Crippen LogP contribution in [0.25, 0.3) is 0 Å². The molecule has 2 aromatic rings. The van der Waals surface area contributed by atoms with Gasteiger partial charge in [0.25, 0.3) is 0 Å². The summed E-state index contributed by atoms with van der Waals surface area (Å²) in [6.45, 7) is 6.57. The van der Waals surface area contributed by atoms with Gasteiger partial charge in [-0.1, -0.05) is 19.9 Å². The van der Waals surface area contributed by atoms with E-state index in [-0.39, 0.29) is 5.75 Å². The van der Waals surface area contributed by atoms with Crippen LogP contribution in [0.1, 0.15) is 26.0 Å². The van der Waals surface area contributed by atoms with Crippen molar-refractivity contribution in [3.05, 3.63) is 48.3 Å². The molecule has 3 rings (SSSR count). The first kappa shape index (κ1) is 24.4. The average molecular weight is 590 g/mol. The Morgan fingerprint density at radius 2 is 2.00 bits per heavy atom. The number of benzene rings is 1. The second kappa shape index (κ2) is 12.7. The molecule has 151 valence electrons. The Morgan fingerprint density at radius 3 is 2.46 bits per heavy atom. The summed E-state index contributed by atoms with van der Waals surface area (Å²) in [6, 6.07) is 8.43.